The number of piperidine rings is 2. The number of anilines is 2. The van der Waals surface area contributed by atoms with Crippen molar-refractivity contribution in [2.24, 2.45) is 11.8 Å². The number of methoxy groups -OCH3 is 2. The highest BCUT2D eigenvalue weighted by Crippen LogP contribution is 2.35. The molecule has 6 rings (SSSR count). The molecule has 0 saturated carbocycles. The lowest BCUT2D eigenvalue weighted by atomic mass is 9.94. The van der Waals surface area contributed by atoms with E-state index in [2.05, 4.69) is 55.1 Å². The molecule has 47 heavy (non-hydrogen) atoms. The van der Waals surface area contributed by atoms with E-state index in [4.69, 9.17) is 14.2 Å². The SMILES string of the molecule is COc1ncc(N2C[C@@H](C)C[C@@H](NN(C(=O)OC(C)(C)C)[C@@H]3C[C@H](C)CN(c4cnc(OC)c5ncccc45)C3)C2)c2cccnc12. The summed E-state index contributed by atoms with van der Waals surface area (Å²) in [6, 6.07) is 7.80. The molecule has 0 aliphatic carbocycles. The zero-order chi connectivity index (χ0) is 33.3. The summed E-state index contributed by atoms with van der Waals surface area (Å²) in [5.41, 5.74) is 6.46. The Bertz CT molecular complexity index is 1730. The summed E-state index contributed by atoms with van der Waals surface area (Å²) in [6.45, 7) is 13.2. The molecule has 4 aromatic heterocycles. The molecule has 12 nitrogen and oxygen atoms in total. The monoisotopic (exact) mass is 642 g/mol. The van der Waals surface area contributed by atoms with Crippen molar-refractivity contribution >= 4 is 39.3 Å². The normalized spacial score (nSPS) is 21.9. The van der Waals surface area contributed by atoms with Crippen LogP contribution in [0.1, 0.15) is 47.5 Å². The van der Waals surface area contributed by atoms with Gasteiger partial charge in [0.1, 0.15) is 16.6 Å². The third kappa shape index (κ3) is 6.97. The van der Waals surface area contributed by atoms with Crippen LogP contribution in [0.2, 0.25) is 0 Å². The zero-order valence-electron chi connectivity index (χ0n) is 28.4. The number of fused-ring (bicyclic) bond motifs is 2. The van der Waals surface area contributed by atoms with Crippen LogP contribution in [0.15, 0.2) is 49.1 Å². The fourth-order valence-electron chi connectivity index (χ4n) is 7.03. The molecule has 1 amide bonds. The smallest absolute Gasteiger partial charge is 0.425 e. The molecular weight excluding hydrogens is 596 g/mol. The van der Waals surface area contributed by atoms with Crippen molar-refractivity contribution in [1.82, 2.24) is 30.4 Å². The van der Waals surface area contributed by atoms with Crippen molar-refractivity contribution in [3.8, 4) is 11.8 Å². The number of nitrogens with one attached hydrogen (secondary N) is 1. The number of pyridine rings is 4. The summed E-state index contributed by atoms with van der Waals surface area (Å²) in [6.07, 6.45) is 8.59. The molecule has 0 unspecified atom stereocenters. The van der Waals surface area contributed by atoms with Gasteiger partial charge in [0.15, 0.2) is 0 Å². The van der Waals surface area contributed by atoms with Crippen molar-refractivity contribution in [2.75, 3.05) is 50.2 Å². The Kier molecular flexibility index (Phi) is 9.23. The summed E-state index contributed by atoms with van der Waals surface area (Å²) in [5, 5.41) is 3.72. The second-order valence-electron chi connectivity index (χ2n) is 13.9. The lowest BCUT2D eigenvalue weighted by Crippen LogP contribution is -2.63. The van der Waals surface area contributed by atoms with E-state index in [-0.39, 0.29) is 18.2 Å². The molecule has 6 heterocycles. The first-order valence-corrected chi connectivity index (χ1v) is 16.4. The van der Waals surface area contributed by atoms with E-state index in [1.54, 1.807) is 31.6 Å². The summed E-state index contributed by atoms with van der Waals surface area (Å²) < 4.78 is 17.0. The van der Waals surface area contributed by atoms with Crippen molar-refractivity contribution in [3.63, 3.8) is 0 Å². The van der Waals surface area contributed by atoms with Crippen LogP contribution in [0.5, 0.6) is 11.8 Å². The molecule has 2 fully saturated rings. The summed E-state index contributed by atoms with van der Waals surface area (Å²) >= 11 is 0. The third-order valence-electron chi connectivity index (χ3n) is 8.82. The molecule has 0 aromatic carbocycles. The lowest BCUT2D eigenvalue weighted by molar-refractivity contribution is -0.00891. The molecule has 250 valence electrons. The van der Waals surface area contributed by atoms with E-state index in [9.17, 15) is 4.79 Å². The molecule has 0 radical (unpaired) electrons. The van der Waals surface area contributed by atoms with Crippen LogP contribution in [0, 0.1) is 11.8 Å². The maximum Gasteiger partial charge on any atom is 0.425 e. The quantitative estimate of drug-likeness (QED) is 0.259. The number of carbonyl (C=O) groups is 1. The fraction of sp³-hybridized carbons (Fsp3) is 0.514. The zero-order valence-corrected chi connectivity index (χ0v) is 28.4. The van der Waals surface area contributed by atoms with Crippen LogP contribution in [-0.2, 0) is 4.74 Å². The lowest BCUT2D eigenvalue weighted by Gasteiger charge is -2.46. The average molecular weight is 643 g/mol. The molecule has 12 heteroatoms. The first-order chi connectivity index (χ1) is 22.5. The number of amides is 1. The van der Waals surface area contributed by atoms with Crippen LogP contribution in [-0.4, -0.2) is 89.1 Å². The first-order valence-electron chi connectivity index (χ1n) is 16.4. The topological polar surface area (TPSA) is 118 Å². The number of hydrazine groups is 1. The standard InChI is InChI=1S/C35H46N8O4/c1-22-14-24(20-41(18-22)28-16-38-32(45-6)30-26(28)10-8-12-36-30)40-43(34(44)47-35(3,4)5)25-15-23(2)19-42(21-25)29-17-39-33(46-7)31-27(29)11-9-13-37-31/h8-13,16-17,22-25,40H,14-15,18-21H2,1-7H3/t22-,23-,24+,25+/m0/s1. The number of ether oxygens (including phenoxy) is 3. The van der Waals surface area contributed by atoms with E-state index >= 15 is 0 Å². The molecular formula is C35H46N8O4. The van der Waals surface area contributed by atoms with Gasteiger partial charge in [-0.2, -0.15) is 0 Å². The number of nitrogens with zero attached hydrogens (tertiary/aromatic N) is 7. The van der Waals surface area contributed by atoms with Gasteiger partial charge in [0, 0.05) is 55.4 Å². The number of hydrogen-bond donors (Lipinski definition) is 1. The minimum atomic E-state index is -0.647. The van der Waals surface area contributed by atoms with E-state index in [1.807, 2.05) is 51.4 Å². The first kappa shape index (κ1) is 32.5. The number of aromatic nitrogens is 4. The Hall–Kier alpha value is -4.45. The third-order valence-corrected chi connectivity index (χ3v) is 8.82. The molecule has 2 aliphatic heterocycles. The average Bonchev–Trinajstić information content (AvgIpc) is 3.04. The highest BCUT2D eigenvalue weighted by Gasteiger charge is 2.38. The molecule has 0 bridgehead atoms. The Morgan fingerprint density at radius 3 is 1.87 bits per heavy atom. The van der Waals surface area contributed by atoms with Crippen molar-refractivity contribution in [1.29, 1.82) is 0 Å². The van der Waals surface area contributed by atoms with Crippen molar-refractivity contribution in [3.05, 3.63) is 49.1 Å². The molecule has 4 aromatic rings. The Morgan fingerprint density at radius 2 is 1.34 bits per heavy atom. The largest absolute Gasteiger partial charge is 0.479 e. The van der Waals surface area contributed by atoms with Gasteiger partial charge in [-0.1, -0.05) is 13.8 Å². The van der Waals surface area contributed by atoms with Gasteiger partial charge in [0.25, 0.3) is 0 Å². The highest BCUT2D eigenvalue weighted by atomic mass is 16.6. The Balaban J connectivity index is 1.30. The van der Waals surface area contributed by atoms with Gasteiger partial charge < -0.3 is 24.0 Å². The number of hydrogen-bond acceptors (Lipinski definition) is 11. The van der Waals surface area contributed by atoms with Crippen LogP contribution in [0.25, 0.3) is 21.8 Å². The second-order valence-corrected chi connectivity index (χ2v) is 13.9. The van der Waals surface area contributed by atoms with Crippen LogP contribution < -0.4 is 24.7 Å². The maximum absolute atomic E-state index is 14.0. The number of rotatable bonds is 7. The predicted molar refractivity (Wildman–Crippen MR) is 183 cm³/mol. The van der Waals surface area contributed by atoms with Gasteiger partial charge in [-0.05, 0) is 69.7 Å². The van der Waals surface area contributed by atoms with E-state index in [0.717, 1.165) is 59.1 Å². The maximum atomic E-state index is 14.0. The van der Waals surface area contributed by atoms with Crippen LogP contribution >= 0.6 is 0 Å². The minimum absolute atomic E-state index is 0.0153. The summed E-state index contributed by atoms with van der Waals surface area (Å²) in [5.74, 6) is 1.67. The van der Waals surface area contributed by atoms with Gasteiger partial charge in [0.05, 0.1) is 44.0 Å². The Labute approximate surface area is 276 Å². The second kappa shape index (κ2) is 13.3. The number of carbonyl (C=O) groups excluding carboxylic acids is 1. The van der Waals surface area contributed by atoms with Gasteiger partial charge >= 0.3 is 6.09 Å². The Morgan fingerprint density at radius 1 is 0.809 bits per heavy atom. The summed E-state index contributed by atoms with van der Waals surface area (Å²) in [7, 11) is 3.22. The molecule has 4 atom stereocenters. The molecule has 2 saturated heterocycles. The van der Waals surface area contributed by atoms with Crippen molar-refractivity contribution in [2.45, 2.75) is 65.1 Å². The molecule has 1 N–H and O–H groups in total. The van der Waals surface area contributed by atoms with E-state index < -0.39 is 5.60 Å². The van der Waals surface area contributed by atoms with Crippen LogP contribution in [0.4, 0.5) is 16.2 Å². The van der Waals surface area contributed by atoms with Crippen LogP contribution in [0.3, 0.4) is 0 Å². The minimum Gasteiger partial charge on any atom is -0.479 e. The fourth-order valence-corrected chi connectivity index (χ4v) is 7.03. The molecule has 0 spiro atoms. The van der Waals surface area contributed by atoms with Crippen molar-refractivity contribution < 1.29 is 19.0 Å². The van der Waals surface area contributed by atoms with Gasteiger partial charge in [0.2, 0.25) is 11.8 Å². The van der Waals surface area contributed by atoms with Gasteiger partial charge in [-0.15, -0.1) is 0 Å². The van der Waals surface area contributed by atoms with E-state index in [1.165, 1.54) is 0 Å². The summed E-state index contributed by atoms with van der Waals surface area (Å²) in [4.78, 5) is 36.9. The van der Waals surface area contributed by atoms with Gasteiger partial charge in [-0.3, -0.25) is 9.97 Å². The highest BCUT2D eigenvalue weighted by molar-refractivity contribution is 5.95. The van der Waals surface area contributed by atoms with Gasteiger partial charge in [-0.25, -0.2) is 25.2 Å². The molecule has 2 aliphatic rings. The predicted octanol–water partition coefficient (Wildman–Crippen LogP) is 5.46. The van der Waals surface area contributed by atoms with E-state index in [0.29, 0.717) is 36.7 Å².